The Kier molecular flexibility index (Phi) is 5.83. The summed E-state index contributed by atoms with van der Waals surface area (Å²) < 4.78 is 38.9. The summed E-state index contributed by atoms with van der Waals surface area (Å²) in [6.07, 6.45) is 0. The van der Waals surface area contributed by atoms with E-state index >= 15 is 0 Å². The SMILES string of the molecule is Cc1cc(C(=O)N(C)C(C)c2ccc(S(N)(=O)=O)cc2)c(C)n1-c1ccccc1F. The molecule has 1 amide bonds. The Morgan fingerprint density at radius 3 is 2.27 bits per heavy atom. The molecule has 1 aromatic heterocycles. The van der Waals surface area contributed by atoms with Crippen molar-refractivity contribution in [2.75, 3.05) is 7.05 Å². The van der Waals surface area contributed by atoms with E-state index in [9.17, 15) is 17.6 Å². The van der Waals surface area contributed by atoms with Crippen LogP contribution in [0.1, 0.15) is 40.3 Å². The van der Waals surface area contributed by atoms with Crippen LogP contribution in [0.5, 0.6) is 0 Å². The molecule has 30 heavy (non-hydrogen) atoms. The molecule has 1 heterocycles. The number of nitrogens with zero attached hydrogens (tertiary/aromatic N) is 2. The van der Waals surface area contributed by atoms with Gasteiger partial charge in [-0.15, -0.1) is 0 Å². The zero-order chi connectivity index (χ0) is 22.2. The van der Waals surface area contributed by atoms with E-state index in [0.717, 1.165) is 11.3 Å². The van der Waals surface area contributed by atoms with Crippen molar-refractivity contribution in [2.45, 2.75) is 31.7 Å². The third kappa shape index (κ3) is 4.01. The number of para-hydroxylation sites is 1. The number of hydrogen-bond donors (Lipinski definition) is 1. The predicted molar refractivity (Wildman–Crippen MR) is 114 cm³/mol. The Morgan fingerprint density at radius 1 is 1.10 bits per heavy atom. The molecular formula is C22H24FN3O3S. The number of carbonyl (C=O) groups is 1. The number of carbonyl (C=O) groups excluding carboxylic acids is 1. The lowest BCUT2D eigenvalue weighted by molar-refractivity contribution is 0.0742. The molecule has 3 aromatic rings. The highest BCUT2D eigenvalue weighted by molar-refractivity contribution is 7.89. The number of sulfonamides is 1. The summed E-state index contributed by atoms with van der Waals surface area (Å²) in [7, 11) is -2.10. The zero-order valence-electron chi connectivity index (χ0n) is 17.3. The maximum Gasteiger partial charge on any atom is 0.255 e. The Labute approximate surface area is 175 Å². The van der Waals surface area contributed by atoms with Gasteiger partial charge in [0.1, 0.15) is 5.82 Å². The van der Waals surface area contributed by atoms with E-state index < -0.39 is 10.0 Å². The van der Waals surface area contributed by atoms with E-state index in [1.165, 1.54) is 18.2 Å². The highest BCUT2D eigenvalue weighted by Crippen LogP contribution is 2.27. The standard InChI is InChI=1S/C22H24FN3O3S/c1-14-13-19(16(3)26(14)21-8-6-5-7-20(21)23)22(27)25(4)15(2)17-9-11-18(12-10-17)30(24,28)29/h5-13,15H,1-4H3,(H2,24,28,29). The van der Waals surface area contributed by atoms with Gasteiger partial charge in [0, 0.05) is 18.4 Å². The summed E-state index contributed by atoms with van der Waals surface area (Å²) in [6.45, 7) is 5.46. The van der Waals surface area contributed by atoms with Gasteiger partial charge in [-0.3, -0.25) is 4.79 Å². The quantitative estimate of drug-likeness (QED) is 0.671. The molecular weight excluding hydrogens is 405 g/mol. The van der Waals surface area contributed by atoms with Crippen LogP contribution in [0.4, 0.5) is 4.39 Å². The molecule has 0 aliphatic heterocycles. The van der Waals surface area contributed by atoms with Crippen molar-refractivity contribution < 1.29 is 17.6 Å². The Morgan fingerprint density at radius 2 is 1.70 bits per heavy atom. The summed E-state index contributed by atoms with van der Waals surface area (Å²) in [5.41, 5.74) is 3.03. The second kappa shape index (κ2) is 8.04. The van der Waals surface area contributed by atoms with Gasteiger partial charge < -0.3 is 9.47 Å². The van der Waals surface area contributed by atoms with Crippen LogP contribution < -0.4 is 5.14 Å². The van der Waals surface area contributed by atoms with Crippen molar-refractivity contribution in [2.24, 2.45) is 5.14 Å². The lowest BCUT2D eigenvalue weighted by Crippen LogP contribution is -2.30. The second-order valence-corrected chi connectivity index (χ2v) is 8.84. The maximum absolute atomic E-state index is 14.3. The van der Waals surface area contributed by atoms with Crippen LogP contribution in [0.3, 0.4) is 0 Å². The van der Waals surface area contributed by atoms with Crippen molar-refractivity contribution in [3.63, 3.8) is 0 Å². The molecule has 1 atom stereocenters. The molecule has 2 N–H and O–H groups in total. The lowest BCUT2D eigenvalue weighted by Gasteiger charge is -2.25. The summed E-state index contributed by atoms with van der Waals surface area (Å²) >= 11 is 0. The number of aryl methyl sites for hydroxylation is 1. The van der Waals surface area contributed by atoms with Crippen molar-refractivity contribution in [1.82, 2.24) is 9.47 Å². The van der Waals surface area contributed by atoms with Gasteiger partial charge in [0.15, 0.2) is 0 Å². The molecule has 0 spiro atoms. The van der Waals surface area contributed by atoms with Gasteiger partial charge in [0.25, 0.3) is 5.91 Å². The van der Waals surface area contributed by atoms with Gasteiger partial charge in [-0.05, 0) is 56.7 Å². The van der Waals surface area contributed by atoms with Crippen LogP contribution >= 0.6 is 0 Å². The first-order chi connectivity index (χ1) is 14.0. The van der Waals surface area contributed by atoms with E-state index in [1.54, 1.807) is 59.8 Å². The number of rotatable bonds is 5. The molecule has 158 valence electrons. The fourth-order valence-corrected chi connectivity index (χ4v) is 4.02. The highest BCUT2D eigenvalue weighted by atomic mass is 32.2. The third-order valence-corrected chi connectivity index (χ3v) is 6.28. The van der Waals surface area contributed by atoms with Crippen LogP contribution in [0.25, 0.3) is 5.69 Å². The minimum Gasteiger partial charge on any atom is -0.335 e. The molecule has 0 aliphatic carbocycles. The summed E-state index contributed by atoms with van der Waals surface area (Å²) in [6, 6.07) is 14.0. The molecule has 8 heteroatoms. The van der Waals surface area contributed by atoms with Gasteiger partial charge in [-0.2, -0.15) is 0 Å². The molecule has 0 saturated carbocycles. The largest absolute Gasteiger partial charge is 0.335 e. The number of primary sulfonamides is 1. The monoisotopic (exact) mass is 429 g/mol. The van der Waals surface area contributed by atoms with Gasteiger partial charge in [0.2, 0.25) is 10.0 Å². The molecule has 0 bridgehead atoms. The van der Waals surface area contributed by atoms with Crippen molar-refractivity contribution >= 4 is 15.9 Å². The Hall–Kier alpha value is -2.97. The Balaban J connectivity index is 1.91. The van der Waals surface area contributed by atoms with Crippen LogP contribution in [0, 0.1) is 19.7 Å². The fraction of sp³-hybridized carbons (Fsp3) is 0.227. The minimum absolute atomic E-state index is 0.0147. The molecule has 0 saturated heterocycles. The summed E-state index contributed by atoms with van der Waals surface area (Å²) in [4.78, 5) is 14.8. The molecule has 0 radical (unpaired) electrons. The number of hydrogen-bond acceptors (Lipinski definition) is 3. The van der Waals surface area contributed by atoms with E-state index in [2.05, 4.69) is 0 Å². The number of benzene rings is 2. The average molecular weight is 430 g/mol. The summed E-state index contributed by atoms with van der Waals surface area (Å²) in [5, 5.41) is 5.14. The molecule has 0 aliphatic rings. The van der Waals surface area contributed by atoms with Gasteiger partial charge in [0.05, 0.1) is 22.2 Å². The second-order valence-electron chi connectivity index (χ2n) is 7.28. The minimum atomic E-state index is -3.78. The third-order valence-electron chi connectivity index (χ3n) is 5.35. The smallest absolute Gasteiger partial charge is 0.255 e. The van der Waals surface area contributed by atoms with Gasteiger partial charge in [-0.25, -0.2) is 17.9 Å². The number of amides is 1. The number of nitrogens with two attached hydrogens (primary N) is 1. The number of halogens is 1. The maximum atomic E-state index is 14.3. The van der Waals surface area contributed by atoms with Crippen LogP contribution in [-0.4, -0.2) is 30.8 Å². The first-order valence-electron chi connectivity index (χ1n) is 9.36. The first kappa shape index (κ1) is 21.7. The molecule has 0 fully saturated rings. The molecule has 3 rings (SSSR count). The summed E-state index contributed by atoms with van der Waals surface area (Å²) in [5.74, 6) is -0.580. The zero-order valence-corrected chi connectivity index (χ0v) is 18.1. The lowest BCUT2D eigenvalue weighted by atomic mass is 10.1. The van der Waals surface area contributed by atoms with Gasteiger partial charge >= 0.3 is 0 Å². The predicted octanol–water partition coefficient (Wildman–Crippen LogP) is 3.71. The molecule has 1 unspecified atom stereocenters. The van der Waals surface area contributed by atoms with Crippen molar-refractivity contribution in [3.05, 3.63) is 82.9 Å². The molecule has 2 aromatic carbocycles. The first-order valence-corrected chi connectivity index (χ1v) is 10.9. The van der Waals surface area contributed by atoms with E-state index in [-0.39, 0.29) is 22.7 Å². The van der Waals surface area contributed by atoms with Crippen molar-refractivity contribution in [3.8, 4) is 5.69 Å². The van der Waals surface area contributed by atoms with E-state index in [1.807, 2.05) is 13.8 Å². The normalized spacial score (nSPS) is 12.6. The number of aromatic nitrogens is 1. The van der Waals surface area contributed by atoms with E-state index in [0.29, 0.717) is 16.9 Å². The highest BCUT2D eigenvalue weighted by Gasteiger charge is 2.24. The fourth-order valence-electron chi connectivity index (χ4n) is 3.51. The Bertz CT molecular complexity index is 1200. The van der Waals surface area contributed by atoms with Crippen LogP contribution in [0.2, 0.25) is 0 Å². The molecule has 6 nitrogen and oxygen atoms in total. The van der Waals surface area contributed by atoms with Gasteiger partial charge in [-0.1, -0.05) is 24.3 Å². The van der Waals surface area contributed by atoms with Crippen LogP contribution in [-0.2, 0) is 10.0 Å². The van der Waals surface area contributed by atoms with Crippen molar-refractivity contribution in [1.29, 1.82) is 0 Å². The van der Waals surface area contributed by atoms with Crippen LogP contribution in [0.15, 0.2) is 59.5 Å². The van der Waals surface area contributed by atoms with E-state index in [4.69, 9.17) is 5.14 Å². The average Bonchev–Trinajstić information content (AvgIpc) is 3.00. The topological polar surface area (TPSA) is 85.4 Å².